The van der Waals surface area contributed by atoms with Gasteiger partial charge in [-0.1, -0.05) is 13.8 Å². The Kier molecular flexibility index (Phi) is 1.85. The fraction of sp³-hybridized carbons (Fsp3) is 0.300. The van der Waals surface area contributed by atoms with Crippen LogP contribution in [0.25, 0.3) is 10.2 Å². The van der Waals surface area contributed by atoms with Crippen LogP contribution in [0.4, 0.5) is 0 Å². The molecule has 0 aliphatic heterocycles. The second-order valence-electron chi connectivity index (χ2n) is 3.24. The Labute approximate surface area is 76.1 Å². The molecule has 2 rings (SSSR count). The molecule has 0 aromatic carbocycles. The van der Waals surface area contributed by atoms with Crippen molar-refractivity contribution in [2.75, 3.05) is 0 Å². The summed E-state index contributed by atoms with van der Waals surface area (Å²) in [5, 5.41) is 3.35. The molecule has 2 heterocycles. The molecule has 2 aromatic heterocycles. The highest BCUT2D eigenvalue weighted by molar-refractivity contribution is 7.16. The third-order valence-corrected chi connectivity index (χ3v) is 2.83. The largest absolute Gasteiger partial charge is 0.245 e. The maximum atomic E-state index is 4.38. The van der Waals surface area contributed by atoms with Crippen molar-refractivity contribution in [1.82, 2.24) is 4.98 Å². The van der Waals surface area contributed by atoms with E-state index in [1.165, 1.54) is 10.9 Å². The van der Waals surface area contributed by atoms with Crippen LogP contribution < -0.4 is 0 Å². The molecule has 0 aliphatic carbocycles. The molecule has 0 bridgehead atoms. The highest BCUT2D eigenvalue weighted by Gasteiger charge is 2.01. The molecule has 0 radical (unpaired) electrons. The summed E-state index contributed by atoms with van der Waals surface area (Å²) < 4.78 is 0. The molecule has 12 heavy (non-hydrogen) atoms. The minimum atomic E-state index is 0.571. The van der Waals surface area contributed by atoms with Gasteiger partial charge in [0.1, 0.15) is 4.83 Å². The van der Waals surface area contributed by atoms with E-state index >= 15 is 0 Å². The standard InChI is InChI=1S/C10H11NS/c1-7(2)9-5-8-3-4-12-10(8)11-6-9/h3-7H,1-2H3. The highest BCUT2D eigenvalue weighted by Crippen LogP contribution is 2.22. The zero-order valence-electron chi connectivity index (χ0n) is 7.24. The van der Waals surface area contributed by atoms with Gasteiger partial charge < -0.3 is 0 Å². The van der Waals surface area contributed by atoms with Crippen molar-refractivity contribution in [2.45, 2.75) is 19.8 Å². The Morgan fingerprint density at radius 1 is 1.42 bits per heavy atom. The molecule has 1 nitrogen and oxygen atoms in total. The Balaban J connectivity index is 2.60. The summed E-state index contributed by atoms with van der Waals surface area (Å²) in [5.41, 5.74) is 1.32. The molecule has 2 heteroatoms. The van der Waals surface area contributed by atoms with Gasteiger partial charge in [0, 0.05) is 11.6 Å². The Bertz CT molecular complexity index is 389. The maximum Gasteiger partial charge on any atom is 0.123 e. The highest BCUT2D eigenvalue weighted by atomic mass is 32.1. The summed E-state index contributed by atoms with van der Waals surface area (Å²) in [6, 6.07) is 4.35. The summed E-state index contributed by atoms with van der Waals surface area (Å²) in [7, 11) is 0. The van der Waals surface area contributed by atoms with Gasteiger partial charge in [0.25, 0.3) is 0 Å². The van der Waals surface area contributed by atoms with E-state index in [4.69, 9.17) is 0 Å². The normalized spacial score (nSPS) is 11.2. The average molecular weight is 177 g/mol. The molecule has 0 saturated heterocycles. The fourth-order valence-corrected chi connectivity index (χ4v) is 1.91. The van der Waals surface area contributed by atoms with E-state index in [1.807, 2.05) is 6.20 Å². The van der Waals surface area contributed by atoms with Crippen LogP contribution in [0.5, 0.6) is 0 Å². The third-order valence-electron chi connectivity index (χ3n) is 1.99. The lowest BCUT2D eigenvalue weighted by Gasteiger charge is -2.02. The van der Waals surface area contributed by atoms with Crippen molar-refractivity contribution < 1.29 is 0 Å². The van der Waals surface area contributed by atoms with Crippen molar-refractivity contribution in [3.8, 4) is 0 Å². The number of fused-ring (bicyclic) bond motifs is 1. The van der Waals surface area contributed by atoms with Gasteiger partial charge in [-0.3, -0.25) is 0 Å². The van der Waals surface area contributed by atoms with E-state index in [1.54, 1.807) is 11.3 Å². The smallest absolute Gasteiger partial charge is 0.123 e. The number of aromatic nitrogens is 1. The quantitative estimate of drug-likeness (QED) is 0.650. The summed E-state index contributed by atoms with van der Waals surface area (Å²) in [4.78, 5) is 5.52. The van der Waals surface area contributed by atoms with E-state index in [-0.39, 0.29) is 0 Å². The van der Waals surface area contributed by atoms with Gasteiger partial charge >= 0.3 is 0 Å². The number of rotatable bonds is 1. The van der Waals surface area contributed by atoms with Crippen LogP contribution in [0.15, 0.2) is 23.7 Å². The first-order valence-electron chi connectivity index (χ1n) is 4.10. The predicted molar refractivity (Wildman–Crippen MR) is 53.7 cm³/mol. The minimum Gasteiger partial charge on any atom is -0.245 e. The Morgan fingerprint density at radius 3 is 3.00 bits per heavy atom. The molecule has 0 unspecified atom stereocenters. The lowest BCUT2D eigenvalue weighted by atomic mass is 10.1. The van der Waals surface area contributed by atoms with Gasteiger partial charge in [-0.15, -0.1) is 11.3 Å². The van der Waals surface area contributed by atoms with E-state index in [0.29, 0.717) is 5.92 Å². The number of thiophene rings is 1. The van der Waals surface area contributed by atoms with Gasteiger partial charge in [0.2, 0.25) is 0 Å². The first-order chi connectivity index (χ1) is 5.77. The van der Waals surface area contributed by atoms with Crippen molar-refractivity contribution in [3.05, 3.63) is 29.3 Å². The summed E-state index contributed by atoms with van der Waals surface area (Å²) in [6.07, 6.45) is 1.98. The van der Waals surface area contributed by atoms with Crippen LogP contribution >= 0.6 is 11.3 Å². The van der Waals surface area contributed by atoms with Gasteiger partial charge in [-0.25, -0.2) is 4.98 Å². The molecule has 0 spiro atoms. The molecule has 0 atom stereocenters. The van der Waals surface area contributed by atoms with Crippen LogP contribution in [0.3, 0.4) is 0 Å². The topological polar surface area (TPSA) is 12.9 Å². The van der Waals surface area contributed by atoms with E-state index in [9.17, 15) is 0 Å². The molecular formula is C10H11NS. The average Bonchev–Trinajstić information content (AvgIpc) is 2.49. The Hall–Kier alpha value is -0.890. The molecule has 0 saturated carbocycles. The van der Waals surface area contributed by atoms with Crippen LogP contribution in [0, 0.1) is 0 Å². The van der Waals surface area contributed by atoms with Crippen molar-refractivity contribution in [3.63, 3.8) is 0 Å². The predicted octanol–water partition coefficient (Wildman–Crippen LogP) is 3.42. The summed E-state index contributed by atoms with van der Waals surface area (Å²) >= 11 is 1.70. The number of hydrogen-bond acceptors (Lipinski definition) is 2. The van der Waals surface area contributed by atoms with Crippen molar-refractivity contribution in [2.24, 2.45) is 0 Å². The fourth-order valence-electron chi connectivity index (χ4n) is 1.19. The summed E-state index contributed by atoms with van der Waals surface area (Å²) in [5.74, 6) is 0.571. The van der Waals surface area contributed by atoms with Gasteiger partial charge in [-0.05, 0) is 29.0 Å². The van der Waals surface area contributed by atoms with E-state index < -0.39 is 0 Å². The van der Waals surface area contributed by atoms with Crippen molar-refractivity contribution >= 4 is 21.6 Å². The minimum absolute atomic E-state index is 0.571. The van der Waals surface area contributed by atoms with Gasteiger partial charge in [0.15, 0.2) is 0 Å². The van der Waals surface area contributed by atoms with Gasteiger partial charge in [-0.2, -0.15) is 0 Å². The molecular weight excluding hydrogens is 166 g/mol. The number of nitrogens with zero attached hydrogens (tertiary/aromatic N) is 1. The SMILES string of the molecule is CC(C)c1cnc2sccc2c1. The molecule has 0 aliphatic rings. The van der Waals surface area contributed by atoms with Crippen LogP contribution in [-0.2, 0) is 0 Å². The van der Waals surface area contributed by atoms with E-state index in [0.717, 1.165) is 4.83 Å². The molecule has 0 N–H and O–H groups in total. The zero-order chi connectivity index (χ0) is 8.55. The van der Waals surface area contributed by atoms with Gasteiger partial charge in [0.05, 0.1) is 0 Å². The molecule has 62 valence electrons. The van der Waals surface area contributed by atoms with Crippen molar-refractivity contribution in [1.29, 1.82) is 0 Å². The lowest BCUT2D eigenvalue weighted by molar-refractivity contribution is 0.862. The molecule has 0 amide bonds. The lowest BCUT2D eigenvalue weighted by Crippen LogP contribution is -1.87. The van der Waals surface area contributed by atoms with E-state index in [2.05, 4.69) is 36.3 Å². The number of pyridine rings is 1. The second kappa shape index (κ2) is 2.87. The monoisotopic (exact) mass is 177 g/mol. The maximum absolute atomic E-state index is 4.38. The first-order valence-corrected chi connectivity index (χ1v) is 4.98. The second-order valence-corrected chi connectivity index (χ2v) is 4.13. The number of hydrogen-bond donors (Lipinski definition) is 0. The molecule has 0 fully saturated rings. The zero-order valence-corrected chi connectivity index (χ0v) is 8.06. The first kappa shape index (κ1) is 7.74. The molecule has 2 aromatic rings. The van der Waals surface area contributed by atoms with Crippen LogP contribution in [0.2, 0.25) is 0 Å². The van der Waals surface area contributed by atoms with Crippen LogP contribution in [0.1, 0.15) is 25.3 Å². The Morgan fingerprint density at radius 2 is 2.25 bits per heavy atom. The summed E-state index contributed by atoms with van der Waals surface area (Å²) in [6.45, 7) is 4.38. The van der Waals surface area contributed by atoms with Crippen LogP contribution in [-0.4, -0.2) is 4.98 Å². The third kappa shape index (κ3) is 1.23.